The normalized spacial score (nSPS) is 21.3. The van der Waals surface area contributed by atoms with Gasteiger partial charge in [0, 0.05) is 12.0 Å². The molecule has 1 rings (SSSR count). The van der Waals surface area contributed by atoms with Crippen LogP contribution in [0.1, 0.15) is 32.6 Å². The van der Waals surface area contributed by atoms with E-state index in [0.29, 0.717) is 5.41 Å². The smallest absolute Gasteiger partial charge is 0.0530 e. The van der Waals surface area contributed by atoms with Crippen molar-refractivity contribution in [3.8, 4) is 0 Å². The van der Waals surface area contributed by atoms with Gasteiger partial charge < -0.3 is 4.74 Å². The lowest BCUT2D eigenvalue weighted by Crippen LogP contribution is -2.36. The van der Waals surface area contributed by atoms with Crippen LogP contribution in [0.4, 0.5) is 0 Å². The van der Waals surface area contributed by atoms with Gasteiger partial charge in [0.1, 0.15) is 0 Å². The van der Waals surface area contributed by atoms with Gasteiger partial charge in [0.2, 0.25) is 0 Å². The van der Waals surface area contributed by atoms with Gasteiger partial charge in [-0.2, -0.15) is 12.6 Å². The van der Waals surface area contributed by atoms with Crippen molar-refractivity contribution >= 4 is 12.6 Å². The molecular weight excluding hydrogens is 156 g/mol. The quantitative estimate of drug-likeness (QED) is 0.498. The number of hydrogen-bond acceptors (Lipinski definition) is 2. The Morgan fingerprint density at radius 3 is 2.55 bits per heavy atom. The molecule has 1 fully saturated rings. The first kappa shape index (κ1) is 9.40. The van der Waals surface area contributed by atoms with Crippen LogP contribution in [0, 0.1) is 5.41 Å². The topological polar surface area (TPSA) is 9.23 Å². The maximum atomic E-state index is 5.53. The summed E-state index contributed by atoms with van der Waals surface area (Å²) in [6.45, 7) is 3.99. The summed E-state index contributed by atoms with van der Waals surface area (Å²) in [7, 11) is 0. The van der Waals surface area contributed by atoms with Crippen LogP contribution >= 0.6 is 12.6 Å². The Morgan fingerprint density at radius 1 is 1.45 bits per heavy atom. The van der Waals surface area contributed by atoms with Gasteiger partial charge in [-0.25, -0.2) is 0 Å². The average Bonchev–Trinajstić information content (AvgIpc) is 1.95. The second kappa shape index (κ2) is 4.36. The third-order valence-electron chi connectivity index (χ3n) is 2.51. The molecule has 0 N–H and O–H groups in total. The van der Waals surface area contributed by atoms with Crippen molar-refractivity contribution in [3.05, 3.63) is 0 Å². The number of hydrogen-bond donors (Lipinski definition) is 1. The molecule has 0 aromatic carbocycles. The van der Waals surface area contributed by atoms with Gasteiger partial charge in [0.05, 0.1) is 6.61 Å². The standard InChI is InChI=1S/C9H18OS/c1-2-6-10-7-9(8-11)4-3-5-9/h11H,2-8H2,1H3. The summed E-state index contributed by atoms with van der Waals surface area (Å²) in [6, 6.07) is 0. The van der Waals surface area contributed by atoms with Crippen LogP contribution in [0.25, 0.3) is 0 Å². The van der Waals surface area contributed by atoms with Crippen LogP contribution in [-0.2, 0) is 4.74 Å². The second-order valence-corrected chi connectivity index (χ2v) is 3.88. The molecule has 0 atom stereocenters. The fourth-order valence-electron chi connectivity index (χ4n) is 1.46. The van der Waals surface area contributed by atoms with Crippen molar-refractivity contribution in [3.63, 3.8) is 0 Å². The third-order valence-corrected chi connectivity index (χ3v) is 3.18. The van der Waals surface area contributed by atoms with Gasteiger partial charge in [-0.3, -0.25) is 0 Å². The van der Waals surface area contributed by atoms with E-state index < -0.39 is 0 Å². The van der Waals surface area contributed by atoms with Crippen LogP contribution in [0.15, 0.2) is 0 Å². The highest BCUT2D eigenvalue weighted by Gasteiger charge is 2.35. The summed E-state index contributed by atoms with van der Waals surface area (Å²) in [6.07, 6.45) is 5.14. The Hall–Kier alpha value is 0.310. The molecule has 1 aliphatic rings. The molecule has 0 bridgehead atoms. The van der Waals surface area contributed by atoms with Crippen molar-refractivity contribution in [2.45, 2.75) is 32.6 Å². The van der Waals surface area contributed by atoms with E-state index in [1.165, 1.54) is 19.3 Å². The SMILES string of the molecule is CCCOCC1(CS)CCC1. The van der Waals surface area contributed by atoms with Gasteiger partial charge in [0.15, 0.2) is 0 Å². The van der Waals surface area contributed by atoms with Gasteiger partial charge in [0.25, 0.3) is 0 Å². The summed E-state index contributed by atoms with van der Waals surface area (Å²) in [5.41, 5.74) is 0.457. The first-order valence-electron chi connectivity index (χ1n) is 4.51. The van der Waals surface area contributed by atoms with Gasteiger partial charge in [-0.05, 0) is 25.0 Å². The first-order valence-corrected chi connectivity index (χ1v) is 5.15. The predicted octanol–water partition coefficient (Wildman–Crippen LogP) is 2.51. The first-order chi connectivity index (χ1) is 5.33. The van der Waals surface area contributed by atoms with Crippen molar-refractivity contribution in [2.24, 2.45) is 5.41 Å². The molecule has 66 valence electrons. The minimum absolute atomic E-state index is 0.457. The Bertz CT molecular complexity index is 105. The lowest BCUT2D eigenvalue weighted by Gasteiger charge is -2.40. The summed E-state index contributed by atoms with van der Waals surface area (Å²) in [4.78, 5) is 0. The van der Waals surface area contributed by atoms with Crippen LogP contribution in [-0.4, -0.2) is 19.0 Å². The fraction of sp³-hybridized carbons (Fsp3) is 1.00. The lowest BCUT2D eigenvalue weighted by atomic mass is 9.71. The molecule has 1 saturated carbocycles. The van der Waals surface area contributed by atoms with E-state index in [0.717, 1.165) is 25.4 Å². The van der Waals surface area contributed by atoms with Crippen molar-refractivity contribution in [2.75, 3.05) is 19.0 Å². The third kappa shape index (κ3) is 2.38. The molecule has 2 heteroatoms. The van der Waals surface area contributed by atoms with Crippen LogP contribution in [0.5, 0.6) is 0 Å². The molecule has 0 unspecified atom stereocenters. The molecule has 0 heterocycles. The predicted molar refractivity (Wildman–Crippen MR) is 51.2 cm³/mol. The molecule has 0 radical (unpaired) electrons. The molecule has 0 aromatic heterocycles. The summed E-state index contributed by atoms with van der Waals surface area (Å²) < 4.78 is 5.53. The average molecular weight is 174 g/mol. The van der Waals surface area contributed by atoms with E-state index in [2.05, 4.69) is 19.6 Å². The molecule has 11 heavy (non-hydrogen) atoms. The molecule has 1 aliphatic carbocycles. The van der Waals surface area contributed by atoms with Gasteiger partial charge in [-0.15, -0.1) is 0 Å². The maximum absolute atomic E-state index is 5.53. The Kier molecular flexibility index (Phi) is 3.73. The minimum Gasteiger partial charge on any atom is -0.381 e. The maximum Gasteiger partial charge on any atom is 0.0530 e. The number of ether oxygens (including phenoxy) is 1. The van der Waals surface area contributed by atoms with Crippen molar-refractivity contribution in [1.82, 2.24) is 0 Å². The van der Waals surface area contributed by atoms with Crippen LogP contribution in [0.3, 0.4) is 0 Å². The van der Waals surface area contributed by atoms with Crippen molar-refractivity contribution in [1.29, 1.82) is 0 Å². The Balaban J connectivity index is 2.11. The molecular formula is C9H18OS. The van der Waals surface area contributed by atoms with E-state index in [1.54, 1.807) is 0 Å². The highest BCUT2D eigenvalue weighted by atomic mass is 32.1. The van der Waals surface area contributed by atoms with Gasteiger partial charge >= 0.3 is 0 Å². The summed E-state index contributed by atoms with van der Waals surface area (Å²) in [5.74, 6) is 0.997. The van der Waals surface area contributed by atoms with E-state index in [4.69, 9.17) is 4.74 Å². The zero-order valence-corrected chi connectivity index (χ0v) is 8.20. The Morgan fingerprint density at radius 2 is 2.18 bits per heavy atom. The highest BCUT2D eigenvalue weighted by Crippen LogP contribution is 2.41. The van der Waals surface area contributed by atoms with Crippen LogP contribution < -0.4 is 0 Å². The summed E-state index contributed by atoms with van der Waals surface area (Å²) >= 11 is 4.35. The lowest BCUT2D eigenvalue weighted by molar-refractivity contribution is 0.0107. The number of thiol groups is 1. The molecule has 0 spiro atoms. The van der Waals surface area contributed by atoms with Crippen molar-refractivity contribution < 1.29 is 4.74 Å². The monoisotopic (exact) mass is 174 g/mol. The molecule has 0 aliphatic heterocycles. The Labute approximate surface area is 74.9 Å². The number of rotatable bonds is 5. The van der Waals surface area contributed by atoms with E-state index in [-0.39, 0.29) is 0 Å². The highest BCUT2D eigenvalue weighted by molar-refractivity contribution is 7.80. The molecule has 1 nitrogen and oxygen atoms in total. The molecule has 0 saturated heterocycles. The second-order valence-electron chi connectivity index (χ2n) is 3.56. The van der Waals surface area contributed by atoms with Gasteiger partial charge in [-0.1, -0.05) is 13.3 Å². The van der Waals surface area contributed by atoms with E-state index >= 15 is 0 Å². The van der Waals surface area contributed by atoms with Crippen LogP contribution in [0.2, 0.25) is 0 Å². The summed E-state index contributed by atoms with van der Waals surface area (Å²) in [5, 5.41) is 0. The largest absolute Gasteiger partial charge is 0.381 e. The zero-order valence-electron chi connectivity index (χ0n) is 7.31. The molecule has 0 aromatic rings. The minimum atomic E-state index is 0.457. The van der Waals surface area contributed by atoms with E-state index in [9.17, 15) is 0 Å². The molecule has 0 amide bonds. The zero-order chi connectivity index (χ0) is 8.16. The fourth-order valence-corrected chi connectivity index (χ4v) is 1.87. The van der Waals surface area contributed by atoms with E-state index in [1.807, 2.05) is 0 Å².